The van der Waals surface area contributed by atoms with Gasteiger partial charge in [0.1, 0.15) is 5.67 Å². The van der Waals surface area contributed by atoms with Gasteiger partial charge in [-0.3, -0.25) is 0 Å². The van der Waals surface area contributed by atoms with Crippen LogP contribution in [-0.2, 0) is 5.67 Å². The van der Waals surface area contributed by atoms with Gasteiger partial charge in [0.05, 0.1) is 25.0 Å². The summed E-state index contributed by atoms with van der Waals surface area (Å²) in [6, 6.07) is 3.41. The van der Waals surface area contributed by atoms with Gasteiger partial charge in [0.25, 0.3) is 0 Å². The summed E-state index contributed by atoms with van der Waals surface area (Å²) >= 11 is 0. The molecule has 21 heavy (non-hydrogen) atoms. The Balaban J connectivity index is 2.22. The average Bonchev–Trinajstić information content (AvgIpc) is 2.71. The number of hydrogen-bond acceptors (Lipinski definition) is 5. The van der Waals surface area contributed by atoms with E-state index in [0.717, 1.165) is 6.42 Å². The maximum absolute atomic E-state index is 14.6. The fraction of sp³-hybridized carbons (Fsp3) is 0.400. The van der Waals surface area contributed by atoms with Crippen LogP contribution in [0.25, 0.3) is 11.1 Å². The Morgan fingerprint density at radius 3 is 2.38 bits per heavy atom. The number of ether oxygens (including phenoxy) is 2. The minimum atomic E-state index is -1.57. The minimum Gasteiger partial charge on any atom is -0.490 e. The van der Waals surface area contributed by atoms with E-state index >= 15 is 0 Å². The molecule has 0 bridgehead atoms. The molecular formula is C15H17FN2O3. The van der Waals surface area contributed by atoms with Crippen molar-refractivity contribution in [1.29, 1.82) is 0 Å². The molecule has 2 heterocycles. The second-order valence-corrected chi connectivity index (χ2v) is 5.47. The maximum atomic E-state index is 14.6. The van der Waals surface area contributed by atoms with E-state index < -0.39 is 5.67 Å². The molecule has 2 N–H and O–H groups in total. The Labute approximate surface area is 121 Å². The summed E-state index contributed by atoms with van der Waals surface area (Å²) in [4.78, 5) is 0. The predicted octanol–water partition coefficient (Wildman–Crippen LogP) is 3.29. The van der Waals surface area contributed by atoms with Gasteiger partial charge in [0, 0.05) is 12.0 Å². The number of fused-ring (bicyclic) bond motifs is 1. The molecule has 1 aromatic carbocycles. The zero-order valence-electron chi connectivity index (χ0n) is 12.0. The Morgan fingerprint density at radius 1 is 1.14 bits per heavy atom. The summed E-state index contributed by atoms with van der Waals surface area (Å²) in [5, 5.41) is 3.66. The molecule has 0 spiro atoms. The van der Waals surface area contributed by atoms with E-state index in [1.54, 1.807) is 12.1 Å². The number of alkyl halides is 1. The monoisotopic (exact) mass is 292 g/mol. The lowest BCUT2D eigenvalue weighted by molar-refractivity contribution is 0.221. The number of benzene rings is 1. The molecule has 1 aromatic heterocycles. The van der Waals surface area contributed by atoms with E-state index in [2.05, 4.69) is 5.16 Å². The average molecular weight is 292 g/mol. The van der Waals surface area contributed by atoms with Crippen LogP contribution in [0.5, 0.6) is 11.5 Å². The van der Waals surface area contributed by atoms with Crippen molar-refractivity contribution < 1.29 is 18.4 Å². The van der Waals surface area contributed by atoms with Crippen molar-refractivity contribution in [2.45, 2.75) is 25.9 Å². The first-order valence-electron chi connectivity index (χ1n) is 6.80. The van der Waals surface area contributed by atoms with Crippen LogP contribution < -0.4 is 15.2 Å². The molecule has 112 valence electrons. The van der Waals surface area contributed by atoms with Gasteiger partial charge < -0.3 is 19.7 Å². The molecular weight excluding hydrogens is 275 g/mol. The summed E-state index contributed by atoms with van der Waals surface area (Å²) in [6.07, 6.45) is 2.26. The zero-order chi connectivity index (χ0) is 15.0. The number of halogens is 1. The molecule has 1 aliphatic rings. The molecule has 0 atom stereocenters. The highest BCUT2D eigenvalue weighted by atomic mass is 19.1. The molecule has 0 radical (unpaired) electrons. The van der Waals surface area contributed by atoms with Crippen molar-refractivity contribution in [1.82, 2.24) is 5.16 Å². The number of aromatic nitrogens is 1. The quantitative estimate of drug-likeness (QED) is 0.919. The van der Waals surface area contributed by atoms with Crippen LogP contribution in [0.15, 0.2) is 22.9 Å². The van der Waals surface area contributed by atoms with Gasteiger partial charge in [-0.05, 0) is 31.5 Å². The van der Waals surface area contributed by atoms with Crippen LogP contribution in [-0.4, -0.2) is 18.4 Å². The topological polar surface area (TPSA) is 70.5 Å². The number of anilines is 1. The van der Waals surface area contributed by atoms with Crippen LogP contribution in [0.1, 0.15) is 25.8 Å². The van der Waals surface area contributed by atoms with E-state index in [4.69, 9.17) is 19.7 Å². The third kappa shape index (κ3) is 2.53. The van der Waals surface area contributed by atoms with Gasteiger partial charge in [0.15, 0.2) is 11.5 Å². The molecule has 5 nitrogen and oxygen atoms in total. The molecule has 1 aliphatic heterocycles. The molecule has 3 rings (SSSR count). The third-order valence-corrected chi connectivity index (χ3v) is 3.42. The molecule has 0 amide bonds. The van der Waals surface area contributed by atoms with Crippen molar-refractivity contribution in [3.8, 4) is 22.6 Å². The Kier molecular flexibility index (Phi) is 3.23. The van der Waals surface area contributed by atoms with Crippen LogP contribution >= 0.6 is 0 Å². The standard InChI is InChI=1S/C15H17FN2O3/c1-15(2,16)11-7-13-12(19-4-3-5-20-13)6-9(11)10-8-18-21-14(10)17/h6-8H,3-5,17H2,1-2H3. The van der Waals surface area contributed by atoms with Crippen molar-refractivity contribution in [2.24, 2.45) is 0 Å². The van der Waals surface area contributed by atoms with Crippen LogP contribution in [0.4, 0.5) is 10.3 Å². The summed E-state index contributed by atoms with van der Waals surface area (Å²) in [6.45, 7) is 4.08. The first kappa shape index (κ1) is 13.7. The molecule has 6 heteroatoms. The number of rotatable bonds is 2. The van der Waals surface area contributed by atoms with Crippen LogP contribution in [0.3, 0.4) is 0 Å². The Morgan fingerprint density at radius 2 is 1.81 bits per heavy atom. The highest BCUT2D eigenvalue weighted by molar-refractivity contribution is 5.78. The molecule has 2 aromatic rings. The molecule has 0 unspecified atom stereocenters. The highest BCUT2D eigenvalue weighted by Crippen LogP contribution is 2.43. The fourth-order valence-corrected chi connectivity index (χ4v) is 2.37. The van der Waals surface area contributed by atoms with E-state index in [0.29, 0.717) is 41.4 Å². The smallest absolute Gasteiger partial charge is 0.229 e. The highest BCUT2D eigenvalue weighted by Gasteiger charge is 2.28. The van der Waals surface area contributed by atoms with Gasteiger partial charge in [-0.15, -0.1) is 0 Å². The van der Waals surface area contributed by atoms with Gasteiger partial charge in [-0.2, -0.15) is 0 Å². The first-order valence-corrected chi connectivity index (χ1v) is 6.80. The fourth-order valence-electron chi connectivity index (χ4n) is 2.37. The Bertz CT molecular complexity index is 661. The number of nitrogen functional groups attached to an aromatic ring is 1. The SMILES string of the molecule is CC(C)(F)c1cc2c(cc1-c1cnoc1N)OCCCO2. The van der Waals surface area contributed by atoms with Crippen molar-refractivity contribution in [2.75, 3.05) is 18.9 Å². The van der Waals surface area contributed by atoms with E-state index in [-0.39, 0.29) is 5.88 Å². The maximum Gasteiger partial charge on any atom is 0.229 e. The largest absolute Gasteiger partial charge is 0.490 e. The Hall–Kier alpha value is -2.24. The summed E-state index contributed by atoms with van der Waals surface area (Å²) in [5.74, 6) is 1.28. The van der Waals surface area contributed by atoms with Crippen LogP contribution in [0.2, 0.25) is 0 Å². The number of hydrogen-bond donors (Lipinski definition) is 1. The van der Waals surface area contributed by atoms with Crippen molar-refractivity contribution >= 4 is 5.88 Å². The molecule has 0 saturated carbocycles. The van der Waals surface area contributed by atoms with Gasteiger partial charge >= 0.3 is 0 Å². The number of nitrogens with two attached hydrogens (primary N) is 1. The second-order valence-electron chi connectivity index (χ2n) is 5.47. The molecule has 0 fully saturated rings. The predicted molar refractivity (Wildman–Crippen MR) is 76.1 cm³/mol. The van der Waals surface area contributed by atoms with Gasteiger partial charge in [0.2, 0.25) is 5.88 Å². The van der Waals surface area contributed by atoms with E-state index in [1.165, 1.54) is 20.0 Å². The first-order chi connectivity index (χ1) is 9.97. The summed E-state index contributed by atoms with van der Waals surface area (Å²) in [5.41, 5.74) is 5.81. The lowest BCUT2D eigenvalue weighted by Gasteiger charge is -2.21. The lowest BCUT2D eigenvalue weighted by atomic mass is 9.91. The van der Waals surface area contributed by atoms with E-state index in [1.807, 2.05) is 0 Å². The minimum absolute atomic E-state index is 0.148. The molecule has 0 saturated heterocycles. The van der Waals surface area contributed by atoms with Crippen molar-refractivity contribution in [3.05, 3.63) is 23.9 Å². The third-order valence-electron chi connectivity index (χ3n) is 3.42. The lowest BCUT2D eigenvalue weighted by Crippen LogP contribution is -2.12. The van der Waals surface area contributed by atoms with Gasteiger partial charge in [-0.25, -0.2) is 4.39 Å². The summed E-state index contributed by atoms with van der Waals surface area (Å²) in [7, 11) is 0. The zero-order valence-corrected chi connectivity index (χ0v) is 12.0. The summed E-state index contributed by atoms with van der Waals surface area (Å²) < 4.78 is 30.8. The van der Waals surface area contributed by atoms with Crippen LogP contribution in [0, 0.1) is 0 Å². The normalized spacial score (nSPS) is 14.8. The van der Waals surface area contributed by atoms with Crippen molar-refractivity contribution in [3.63, 3.8) is 0 Å². The van der Waals surface area contributed by atoms with E-state index in [9.17, 15) is 4.39 Å². The number of nitrogens with zero attached hydrogens (tertiary/aromatic N) is 1. The van der Waals surface area contributed by atoms with Gasteiger partial charge in [-0.1, -0.05) is 5.16 Å². The molecule has 0 aliphatic carbocycles. The second kappa shape index (κ2) is 4.95.